The van der Waals surface area contributed by atoms with Crippen molar-refractivity contribution in [2.45, 2.75) is 51.7 Å². The third-order valence-electron chi connectivity index (χ3n) is 4.88. The van der Waals surface area contributed by atoms with Crippen molar-refractivity contribution in [2.75, 3.05) is 6.61 Å². The molecule has 0 bridgehead atoms. The largest absolute Gasteiger partial charge is 0.417 e. The molecule has 1 aliphatic carbocycles. The van der Waals surface area contributed by atoms with Crippen LogP contribution in [0.3, 0.4) is 0 Å². The molecule has 1 unspecified atom stereocenters. The van der Waals surface area contributed by atoms with Crippen LogP contribution in [0.4, 0.5) is 0 Å². The molecule has 0 radical (unpaired) electrons. The molecule has 0 saturated heterocycles. The first-order chi connectivity index (χ1) is 9.24. The molecule has 1 atom stereocenters. The van der Waals surface area contributed by atoms with E-state index in [-0.39, 0.29) is 5.04 Å². The number of rotatable bonds is 3. The summed E-state index contributed by atoms with van der Waals surface area (Å²) in [5, 5.41) is 9.44. The van der Waals surface area contributed by atoms with Crippen LogP contribution in [0.25, 0.3) is 0 Å². The average molecular weight is 287 g/mol. The minimum Gasteiger partial charge on any atom is -0.417 e. The zero-order valence-electron chi connectivity index (χ0n) is 13.3. The fourth-order valence-corrected chi connectivity index (χ4v) is 3.59. The lowest BCUT2D eigenvalue weighted by Crippen LogP contribution is -2.42. The van der Waals surface area contributed by atoms with E-state index in [1.807, 2.05) is 12.1 Å². The predicted molar refractivity (Wildman–Crippen MR) is 85.2 cm³/mol. The van der Waals surface area contributed by atoms with Crippen molar-refractivity contribution < 1.29 is 4.43 Å². The molecular weight excluding hydrogens is 262 g/mol. The van der Waals surface area contributed by atoms with Gasteiger partial charge in [0.1, 0.15) is 0 Å². The summed E-state index contributed by atoms with van der Waals surface area (Å²) >= 11 is 0. The third kappa shape index (κ3) is 2.97. The zero-order chi connectivity index (χ0) is 15.0. The smallest absolute Gasteiger partial charge is 0.191 e. The monoisotopic (exact) mass is 287 g/mol. The van der Waals surface area contributed by atoms with Crippen molar-refractivity contribution >= 4 is 8.32 Å². The predicted octanol–water partition coefficient (Wildman–Crippen LogP) is 4.29. The van der Waals surface area contributed by atoms with Gasteiger partial charge in [0, 0.05) is 6.61 Å². The molecule has 0 spiro atoms. The maximum Gasteiger partial charge on any atom is 0.191 e. The number of nitriles is 1. The van der Waals surface area contributed by atoms with Gasteiger partial charge in [-0.2, -0.15) is 5.26 Å². The summed E-state index contributed by atoms with van der Waals surface area (Å²) in [6.07, 6.45) is 2.05. The van der Waals surface area contributed by atoms with Gasteiger partial charge in [-0.25, -0.2) is 0 Å². The Balaban J connectivity index is 2.01. The summed E-state index contributed by atoms with van der Waals surface area (Å²) in [4.78, 5) is 0. The molecule has 0 heterocycles. The van der Waals surface area contributed by atoms with Gasteiger partial charge in [0.2, 0.25) is 0 Å². The third-order valence-corrected chi connectivity index (χ3v) is 9.38. The minimum absolute atomic E-state index is 0.260. The summed E-state index contributed by atoms with van der Waals surface area (Å²) in [5.41, 5.74) is 3.43. The molecule has 0 saturated carbocycles. The number of hydrogen-bond acceptors (Lipinski definition) is 2. The fraction of sp³-hybridized carbons (Fsp3) is 0.588. The molecule has 0 aliphatic heterocycles. The molecule has 1 aromatic carbocycles. The highest BCUT2D eigenvalue weighted by molar-refractivity contribution is 6.74. The Kier molecular flexibility index (Phi) is 4.08. The molecule has 2 nitrogen and oxygen atoms in total. The summed E-state index contributed by atoms with van der Waals surface area (Å²) in [5.74, 6) is 0.536. The van der Waals surface area contributed by atoms with Gasteiger partial charge in [-0.05, 0) is 54.1 Å². The Morgan fingerprint density at radius 2 is 2.00 bits per heavy atom. The summed E-state index contributed by atoms with van der Waals surface area (Å²) in [6, 6.07) is 8.39. The van der Waals surface area contributed by atoms with Crippen molar-refractivity contribution in [3.05, 3.63) is 34.9 Å². The van der Waals surface area contributed by atoms with E-state index in [2.05, 4.69) is 46.0 Å². The number of nitrogens with zero attached hydrogens (tertiary/aromatic N) is 1. The molecule has 1 aliphatic rings. The van der Waals surface area contributed by atoms with Crippen molar-refractivity contribution in [3.8, 4) is 6.07 Å². The van der Waals surface area contributed by atoms with Crippen LogP contribution in [0.15, 0.2) is 18.2 Å². The number of fused-ring (bicyclic) bond motifs is 1. The van der Waals surface area contributed by atoms with Gasteiger partial charge in [0.05, 0.1) is 11.6 Å². The van der Waals surface area contributed by atoms with E-state index in [4.69, 9.17) is 4.43 Å². The Hall–Kier alpha value is -1.11. The van der Waals surface area contributed by atoms with Gasteiger partial charge >= 0.3 is 0 Å². The highest BCUT2D eigenvalue weighted by Gasteiger charge is 2.38. The van der Waals surface area contributed by atoms with Crippen LogP contribution < -0.4 is 0 Å². The van der Waals surface area contributed by atoms with Crippen LogP contribution in [0.1, 0.15) is 37.5 Å². The molecule has 1 aromatic rings. The summed E-state index contributed by atoms with van der Waals surface area (Å²) < 4.78 is 6.34. The van der Waals surface area contributed by atoms with Crippen LogP contribution >= 0.6 is 0 Å². The average Bonchev–Trinajstić information content (AvgIpc) is 2.77. The molecule has 0 fully saturated rings. The van der Waals surface area contributed by atoms with Crippen LogP contribution in [0, 0.1) is 17.2 Å². The summed E-state index contributed by atoms with van der Waals surface area (Å²) in [6.45, 7) is 12.3. The lowest BCUT2D eigenvalue weighted by Gasteiger charge is -2.37. The van der Waals surface area contributed by atoms with Gasteiger partial charge in [-0.1, -0.05) is 32.9 Å². The first-order valence-corrected chi connectivity index (χ1v) is 10.3. The molecule has 0 amide bonds. The fourth-order valence-electron chi connectivity index (χ4n) is 2.50. The molecule has 3 heteroatoms. The quantitative estimate of drug-likeness (QED) is 0.777. The highest BCUT2D eigenvalue weighted by atomic mass is 28.4. The Morgan fingerprint density at radius 1 is 1.30 bits per heavy atom. The molecule has 108 valence electrons. The second kappa shape index (κ2) is 5.35. The van der Waals surface area contributed by atoms with Crippen LogP contribution in [0.5, 0.6) is 0 Å². The van der Waals surface area contributed by atoms with Crippen LogP contribution in [-0.2, 0) is 17.3 Å². The van der Waals surface area contributed by atoms with Gasteiger partial charge in [0.15, 0.2) is 8.32 Å². The molecule has 2 rings (SSSR count). The van der Waals surface area contributed by atoms with Crippen molar-refractivity contribution in [1.29, 1.82) is 5.26 Å². The van der Waals surface area contributed by atoms with Crippen molar-refractivity contribution in [3.63, 3.8) is 0 Å². The molecule has 0 aromatic heterocycles. The van der Waals surface area contributed by atoms with Gasteiger partial charge in [-0.3, -0.25) is 0 Å². The number of benzene rings is 1. The summed E-state index contributed by atoms with van der Waals surface area (Å²) in [7, 11) is -1.66. The van der Waals surface area contributed by atoms with Crippen LogP contribution in [-0.4, -0.2) is 14.9 Å². The topological polar surface area (TPSA) is 33.0 Å². The van der Waals surface area contributed by atoms with E-state index in [0.29, 0.717) is 5.92 Å². The second-order valence-corrected chi connectivity index (χ2v) is 12.2. The van der Waals surface area contributed by atoms with E-state index in [1.54, 1.807) is 0 Å². The first kappa shape index (κ1) is 15.3. The Bertz CT molecular complexity index is 537. The maximum atomic E-state index is 9.18. The van der Waals surface area contributed by atoms with E-state index in [1.165, 1.54) is 11.1 Å². The highest BCUT2D eigenvalue weighted by Crippen LogP contribution is 2.38. The van der Waals surface area contributed by atoms with Gasteiger partial charge in [0.25, 0.3) is 0 Å². The first-order valence-electron chi connectivity index (χ1n) is 7.39. The lowest BCUT2D eigenvalue weighted by atomic mass is 10.0. The molecule has 0 N–H and O–H groups in total. The van der Waals surface area contributed by atoms with E-state index in [0.717, 1.165) is 25.0 Å². The lowest BCUT2D eigenvalue weighted by molar-refractivity contribution is 0.232. The van der Waals surface area contributed by atoms with Gasteiger partial charge in [-0.15, -0.1) is 0 Å². The maximum absolute atomic E-state index is 9.18. The van der Waals surface area contributed by atoms with E-state index < -0.39 is 8.32 Å². The zero-order valence-corrected chi connectivity index (χ0v) is 14.3. The normalized spacial score (nSPS) is 18.7. The van der Waals surface area contributed by atoms with Crippen LogP contribution in [0.2, 0.25) is 18.1 Å². The number of hydrogen-bond donors (Lipinski definition) is 0. The van der Waals surface area contributed by atoms with Crippen molar-refractivity contribution in [2.24, 2.45) is 5.92 Å². The van der Waals surface area contributed by atoms with Crippen molar-refractivity contribution in [1.82, 2.24) is 0 Å². The Labute approximate surface area is 123 Å². The Morgan fingerprint density at radius 3 is 2.60 bits per heavy atom. The van der Waals surface area contributed by atoms with Gasteiger partial charge < -0.3 is 4.43 Å². The van der Waals surface area contributed by atoms with E-state index >= 15 is 0 Å². The minimum atomic E-state index is -1.66. The second-order valence-electron chi connectivity index (χ2n) is 7.40. The molecule has 20 heavy (non-hydrogen) atoms. The SMILES string of the molecule is CC(C)(C)[Si](C)(C)OCC1Cc2cccc(C#N)c2C1. The van der Waals surface area contributed by atoms with E-state index in [9.17, 15) is 5.26 Å². The molecular formula is C17H25NOSi. The standard InChI is InChI=1S/C17H25NOSi/c1-17(2,3)20(4,5)19-12-13-9-14-7-6-8-15(11-18)16(14)10-13/h6-8,13H,9-10,12H2,1-5H3.